The van der Waals surface area contributed by atoms with E-state index in [-0.39, 0.29) is 5.84 Å². The van der Waals surface area contributed by atoms with Crippen molar-refractivity contribution in [3.05, 3.63) is 96.6 Å². The summed E-state index contributed by atoms with van der Waals surface area (Å²) in [5.41, 5.74) is 8.57. The summed E-state index contributed by atoms with van der Waals surface area (Å²) in [4.78, 5) is 2.41. The third-order valence-corrected chi connectivity index (χ3v) is 9.08. The van der Waals surface area contributed by atoms with Crippen molar-refractivity contribution in [1.82, 2.24) is 9.21 Å². The molecule has 0 spiro atoms. The monoisotopic (exact) mass is 543 g/mol. The minimum atomic E-state index is -3.71. The third kappa shape index (κ3) is 5.97. The number of piperazine rings is 1. The van der Waals surface area contributed by atoms with E-state index in [9.17, 15) is 13.5 Å². The molecular weight excluding hydrogens is 510 g/mol. The highest BCUT2D eigenvalue weighted by molar-refractivity contribution is 7.89. The predicted molar refractivity (Wildman–Crippen MR) is 157 cm³/mol. The van der Waals surface area contributed by atoms with Crippen LogP contribution in [0.1, 0.15) is 5.56 Å². The standard InChI is InChI=1S/C30H33N5O3S/c31-30(32)23-12-14-24(15-13-23)33-20-25(36)21-34-16-18-35(19-17-34)39(37,38)29-11-4-3-9-28(29)27-10-5-7-22-6-1-2-8-26(22)27/h1-15,25,33,36H,16-21H2,(H3,31,32). The van der Waals surface area contributed by atoms with E-state index in [2.05, 4.69) is 10.2 Å². The third-order valence-electron chi connectivity index (χ3n) is 7.12. The number of nitrogen functional groups attached to an aromatic ring is 1. The molecule has 202 valence electrons. The highest BCUT2D eigenvalue weighted by Gasteiger charge is 2.31. The van der Waals surface area contributed by atoms with E-state index < -0.39 is 16.1 Å². The van der Waals surface area contributed by atoms with Crippen molar-refractivity contribution in [3.8, 4) is 11.1 Å². The number of benzene rings is 4. The number of nitrogens with one attached hydrogen (secondary N) is 2. The number of amidine groups is 1. The summed E-state index contributed by atoms with van der Waals surface area (Å²) in [5, 5.41) is 23.3. The maximum Gasteiger partial charge on any atom is 0.243 e. The van der Waals surface area contributed by atoms with E-state index in [1.165, 1.54) is 0 Å². The second-order valence-corrected chi connectivity index (χ2v) is 11.7. The lowest BCUT2D eigenvalue weighted by Gasteiger charge is -2.35. The van der Waals surface area contributed by atoms with Crippen LogP contribution in [0.5, 0.6) is 0 Å². The zero-order valence-electron chi connectivity index (χ0n) is 21.6. The molecule has 4 aromatic carbocycles. The second-order valence-electron chi connectivity index (χ2n) is 9.75. The van der Waals surface area contributed by atoms with Gasteiger partial charge in [0.15, 0.2) is 0 Å². The van der Waals surface area contributed by atoms with Gasteiger partial charge in [0.25, 0.3) is 0 Å². The first kappa shape index (κ1) is 26.8. The van der Waals surface area contributed by atoms with Crippen LogP contribution >= 0.6 is 0 Å². The minimum absolute atomic E-state index is 0.0137. The van der Waals surface area contributed by atoms with Gasteiger partial charge in [-0.15, -0.1) is 0 Å². The molecule has 9 heteroatoms. The lowest BCUT2D eigenvalue weighted by atomic mass is 9.98. The van der Waals surface area contributed by atoms with Crippen LogP contribution in [0, 0.1) is 5.41 Å². The fourth-order valence-electron chi connectivity index (χ4n) is 5.03. The highest BCUT2D eigenvalue weighted by atomic mass is 32.2. The molecule has 5 N–H and O–H groups in total. The van der Waals surface area contributed by atoms with Crippen LogP contribution < -0.4 is 11.1 Å². The Hall–Kier alpha value is -3.76. The van der Waals surface area contributed by atoms with Crippen LogP contribution in [0.4, 0.5) is 5.69 Å². The van der Waals surface area contributed by atoms with Crippen LogP contribution in [0.2, 0.25) is 0 Å². The van der Waals surface area contributed by atoms with Gasteiger partial charge >= 0.3 is 0 Å². The van der Waals surface area contributed by atoms with Gasteiger partial charge in [0.2, 0.25) is 10.0 Å². The maximum absolute atomic E-state index is 13.8. The summed E-state index contributed by atoms with van der Waals surface area (Å²) >= 11 is 0. The van der Waals surface area contributed by atoms with Crippen molar-refractivity contribution in [2.45, 2.75) is 11.0 Å². The average Bonchev–Trinajstić information content (AvgIpc) is 2.96. The first-order chi connectivity index (χ1) is 18.8. The molecular formula is C30H33N5O3S. The predicted octanol–water partition coefficient (Wildman–Crippen LogP) is 3.57. The van der Waals surface area contributed by atoms with Gasteiger partial charge in [-0.25, -0.2) is 8.42 Å². The summed E-state index contributed by atoms with van der Waals surface area (Å²) in [7, 11) is -3.71. The average molecular weight is 544 g/mol. The first-order valence-corrected chi connectivity index (χ1v) is 14.4. The Labute approximate surface area is 229 Å². The number of hydrogen-bond acceptors (Lipinski definition) is 6. The molecule has 0 aliphatic carbocycles. The number of aliphatic hydroxyl groups excluding tert-OH is 1. The fourth-order valence-corrected chi connectivity index (χ4v) is 6.66. The minimum Gasteiger partial charge on any atom is -0.390 e. The summed E-state index contributed by atoms with van der Waals surface area (Å²) in [6.07, 6.45) is -0.618. The van der Waals surface area contributed by atoms with Crippen molar-refractivity contribution in [2.75, 3.05) is 44.6 Å². The van der Waals surface area contributed by atoms with Gasteiger partial charge in [0.05, 0.1) is 11.0 Å². The Morgan fingerprint density at radius 3 is 2.26 bits per heavy atom. The Balaban J connectivity index is 1.22. The summed E-state index contributed by atoms with van der Waals surface area (Å²) in [5.74, 6) is 0.0137. The van der Waals surface area contributed by atoms with E-state index in [0.29, 0.717) is 55.3 Å². The number of nitrogens with two attached hydrogens (primary N) is 1. The van der Waals surface area contributed by atoms with Gasteiger partial charge in [-0.05, 0) is 46.7 Å². The van der Waals surface area contributed by atoms with E-state index in [1.54, 1.807) is 28.6 Å². The largest absolute Gasteiger partial charge is 0.390 e. The molecule has 1 saturated heterocycles. The molecule has 1 unspecified atom stereocenters. The Bertz CT molecular complexity index is 1560. The number of fused-ring (bicyclic) bond motifs is 1. The normalized spacial score (nSPS) is 15.7. The Kier molecular flexibility index (Phi) is 7.94. The van der Waals surface area contributed by atoms with E-state index in [4.69, 9.17) is 11.1 Å². The first-order valence-electron chi connectivity index (χ1n) is 13.0. The van der Waals surface area contributed by atoms with Gasteiger partial charge in [0.1, 0.15) is 5.84 Å². The van der Waals surface area contributed by atoms with Crippen molar-refractivity contribution < 1.29 is 13.5 Å². The molecule has 1 aliphatic heterocycles. The second kappa shape index (κ2) is 11.5. The highest BCUT2D eigenvalue weighted by Crippen LogP contribution is 2.34. The SMILES string of the molecule is N=C(N)c1ccc(NCC(O)CN2CCN(S(=O)(=O)c3ccccc3-c3cccc4ccccc34)CC2)cc1. The van der Waals surface area contributed by atoms with Crippen LogP contribution in [-0.2, 0) is 10.0 Å². The molecule has 0 aromatic heterocycles. The molecule has 0 amide bonds. The topological polar surface area (TPSA) is 123 Å². The number of β-amino-alcohol motifs (C(OH)–C–C–N with tert-alkyl or cyclic N) is 1. The van der Waals surface area contributed by atoms with E-state index in [1.807, 2.05) is 66.7 Å². The molecule has 0 saturated carbocycles. The van der Waals surface area contributed by atoms with Crippen LogP contribution in [0.15, 0.2) is 95.9 Å². The van der Waals surface area contributed by atoms with Crippen LogP contribution in [0.25, 0.3) is 21.9 Å². The lowest BCUT2D eigenvalue weighted by molar-refractivity contribution is 0.0994. The van der Waals surface area contributed by atoms with Crippen molar-refractivity contribution in [2.24, 2.45) is 5.73 Å². The van der Waals surface area contributed by atoms with Gasteiger partial charge in [-0.2, -0.15) is 4.31 Å². The molecule has 0 bridgehead atoms. The molecule has 1 atom stereocenters. The molecule has 1 fully saturated rings. The number of aliphatic hydroxyl groups is 1. The lowest BCUT2D eigenvalue weighted by Crippen LogP contribution is -2.51. The van der Waals surface area contributed by atoms with E-state index in [0.717, 1.165) is 22.0 Å². The smallest absolute Gasteiger partial charge is 0.243 e. The van der Waals surface area contributed by atoms with Crippen molar-refractivity contribution in [3.63, 3.8) is 0 Å². The van der Waals surface area contributed by atoms with Gasteiger partial charge in [-0.3, -0.25) is 10.3 Å². The van der Waals surface area contributed by atoms with E-state index >= 15 is 0 Å². The molecule has 8 nitrogen and oxygen atoms in total. The Morgan fingerprint density at radius 2 is 1.51 bits per heavy atom. The van der Waals surface area contributed by atoms with Gasteiger partial charge < -0.3 is 16.2 Å². The molecule has 1 heterocycles. The quantitative estimate of drug-likeness (QED) is 0.189. The molecule has 5 rings (SSSR count). The summed E-state index contributed by atoms with van der Waals surface area (Å²) < 4.78 is 29.1. The summed E-state index contributed by atoms with van der Waals surface area (Å²) in [6.45, 7) is 2.60. The zero-order valence-corrected chi connectivity index (χ0v) is 22.4. The van der Waals surface area contributed by atoms with Crippen molar-refractivity contribution >= 4 is 32.3 Å². The van der Waals surface area contributed by atoms with Crippen LogP contribution in [0.3, 0.4) is 0 Å². The van der Waals surface area contributed by atoms with Crippen LogP contribution in [-0.4, -0.2) is 73.9 Å². The molecule has 1 aliphatic rings. The Morgan fingerprint density at radius 1 is 0.872 bits per heavy atom. The van der Waals surface area contributed by atoms with Gasteiger partial charge in [-0.1, -0.05) is 60.7 Å². The number of rotatable bonds is 9. The maximum atomic E-state index is 13.8. The molecule has 39 heavy (non-hydrogen) atoms. The summed E-state index contributed by atoms with van der Waals surface area (Å²) in [6, 6.07) is 28.3. The number of sulfonamides is 1. The number of nitrogens with zero attached hydrogens (tertiary/aromatic N) is 2. The molecule has 4 aromatic rings. The number of hydrogen-bond donors (Lipinski definition) is 4. The fraction of sp³-hybridized carbons (Fsp3) is 0.233. The number of anilines is 1. The van der Waals surface area contributed by atoms with Gasteiger partial charge in [0, 0.05) is 56.1 Å². The van der Waals surface area contributed by atoms with Crippen molar-refractivity contribution in [1.29, 1.82) is 5.41 Å². The molecule has 0 radical (unpaired) electrons. The zero-order chi connectivity index (χ0) is 27.4.